The van der Waals surface area contributed by atoms with Crippen molar-refractivity contribution >= 4 is 27.3 Å². The molecule has 0 aromatic heterocycles. The standard InChI is InChI=1S/C20H22N2O5S/c1-2-28(25,26)11-10-21-19(23)15-7-5-8-16(12-15)22-20(24)18-13-14-6-3-4-9-17(14)27-18/h3-9,12,18H,2,10-11,13H2,1H3,(H,21,23)(H,22,24). The van der Waals surface area contributed by atoms with Gasteiger partial charge in [-0.15, -0.1) is 0 Å². The average Bonchev–Trinajstić information content (AvgIpc) is 3.12. The van der Waals surface area contributed by atoms with E-state index in [9.17, 15) is 18.0 Å². The number of rotatable bonds is 7. The predicted octanol–water partition coefficient (Wildman–Crippen LogP) is 1.79. The molecule has 148 valence electrons. The number of benzene rings is 2. The minimum atomic E-state index is -3.14. The van der Waals surface area contributed by atoms with Crippen LogP contribution >= 0.6 is 0 Å². The summed E-state index contributed by atoms with van der Waals surface area (Å²) in [5.41, 5.74) is 1.79. The Morgan fingerprint density at radius 3 is 2.68 bits per heavy atom. The van der Waals surface area contributed by atoms with Crippen LogP contribution in [0.1, 0.15) is 22.8 Å². The largest absolute Gasteiger partial charge is 0.480 e. The number of fused-ring (bicyclic) bond motifs is 1. The molecule has 28 heavy (non-hydrogen) atoms. The molecule has 2 amide bonds. The van der Waals surface area contributed by atoms with Crippen LogP contribution in [0, 0.1) is 0 Å². The monoisotopic (exact) mass is 402 g/mol. The van der Waals surface area contributed by atoms with E-state index in [1.807, 2.05) is 24.3 Å². The second-order valence-corrected chi connectivity index (χ2v) is 8.95. The Morgan fingerprint density at radius 2 is 1.93 bits per heavy atom. The van der Waals surface area contributed by atoms with Crippen LogP contribution in [-0.2, 0) is 21.1 Å². The van der Waals surface area contributed by atoms with Crippen LogP contribution < -0.4 is 15.4 Å². The van der Waals surface area contributed by atoms with E-state index in [0.717, 1.165) is 5.56 Å². The highest BCUT2D eigenvalue weighted by Crippen LogP contribution is 2.28. The van der Waals surface area contributed by atoms with Gasteiger partial charge in [-0.2, -0.15) is 0 Å². The van der Waals surface area contributed by atoms with Crippen LogP contribution in [0.2, 0.25) is 0 Å². The van der Waals surface area contributed by atoms with Crippen LogP contribution in [-0.4, -0.2) is 44.4 Å². The molecule has 1 aliphatic rings. The summed E-state index contributed by atoms with van der Waals surface area (Å²) in [7, 11) is -3.14. The van der Waals surface area contributed by atoms with Crippen molar-refractivity contribution in [2.45, 2.75) is 19.4 Å². The summed E-state index contributed by atoms with van der Waals surface area (Å²) in [6, 6.07) is 14.0. The van der Waals surface area contributed by atoms with Crippen molar-refractivity contribution in [1.82, 2.24) is 5.32 Å². The number of para-hydroxylation sites is 1. The summed E-state index contributed by atoms with van der Waals surface area (Å²) < 4.78 is 28.6. The molecule has 1 unspecified atom stereocenters. The van der Waals surface area contributed by atoms with Crippen LogP contribution in [0.4, 0.5) is 5.69 Å². The lowest BCUT2D eigenvalue weighted by molar-refractivity contribution is -0.122. The third kappa shape index (κ3) is 4.89. The number of hydrogen-bond acceptors (Lipinski definition) is 5. The first-order valence-electron chi connectivity index (χ1n) is 9.02. The van der Waals surface area contributed by atoms with Crippen molar-refractivity contribution in [3.8, 4) is 5.75 Å². The molecule has 0 bridgehead atoms. The zero-order valence-electron chi connectivity index (χ0n) is 15.5. The number of sulfone groups is 1. The van der Waals surface area contributed by atoms with E-state index in [-0.39, 0.29) is 24.0 Å². The van der Waals surface area contributed by atoms with Gasteiger partial charge in [0.25, 0.3) is 11.8 Å². The number of amides is 2. The Labute approximate surface area is 164 Å². The molecule has 0 saturated carbocycles. The van der Waals surface area contributed by atoms with Crippen molar-refractivity contribution in [3.05, 3.63) is 59.7 Å². The van der Waals surface area contributed by atoms with Crippen molar-refractivity contribution in [2.75, 3.05) is 23.4 Å². The highest BCUT2D eigenvalue weighted by Gasteiger charge is 2.28. The molecule has 7 nitrogen and oxygen atoms in total. The molecule has 0 aliphatic carbocycles. The van der Waals surface area contributed by atoms with E-state index >= 15 is 0 Å². The van der Waals surface area contributed by atoms with E-state index < -0.39 is 21.8 Å². The van der Waals surface area contributed by atoms with Crippen molar-refractivity contribution < 1.29 is 22.7 Å². The highest BCUT2D eigenvalue weighted by atomic mass is 32.2. The molecule has 8 heteroatoms. The fourth-order valence-corrected chi connectivity index (χ4v) is 3.56. The molecule has 2 aromatic carbocycles. The van der Waals surface area contributed by atoms with Crippen LogP contribution in [0.3, 0.4) is 0 Å². The molecule has 0 saturated heterocycles. The van der Waals surface area contributed by atoms with Gasteiger partial charge in [-0.25, -0.2) is 8.42 Å². The maximum Gasteiger partial charge on any atom is 0.265 e. The van der Waals surface area contributed by atoms with E-state index in [0.29, 0.717) is 23.4 Å². The Balaban J connectivity index is 1.57. The highest BCUT2D eigenvalue weighted by molar-refractivity contribution is 7.91. The lowest BCUT2D eigenvalue weighted by Gasteiger charge is -2.12. The van der Waals surface area contributed by atoms with Gasteiger partial charge in [-0.1, -0.05) is 31.2 Å². The number of anilines is 1. The maximum absolute atomic E-state index is 12.5. The third-order valence-electron chi connectivity index (χ3n) is 4.47. The van der Waals surface area contributed by atoms with Crippen LogP contribution in [0.15, 0.2) is 48.5 Å². The number of carbonyl (C=O) groups is 2. The zero-order chi connectivity index (χ0) is 20.1. The maximum atomic E-state index is 12.5. The SMILES string of the molecule is CCS(=O)(=O)CCNC(=O)c1cccc(NC(=O)C2Cc3ccccc3O2)c1. The Bertz CT molecular complexity index is 963. The second-order valence-electron chi connectivity index (χ2n) is 6.48. The van der Waals surface area contributed by atoms with Crippen molar-refractivity contribution in [3.63, 3.8) is 0 Å². The molecule has 2 N–H and O–H groups in total. The smallest absolute Gasteiger partial charge is 0.265 e. The van der Waals surface area contributed by atoms with Gasteiger partial charge in [0.1, 0.15) is 5.75 Å². The topological polar surface area (TPSA) is 102 Å². The summed E-state index contributed by atoms with van der Waals surface area (Å²) in [5.74, 6) is -0.0459. The lowest BCUT2D eigenvalue weighted by atomic mass is 10.1. The fourth-order valence-electron chi connectivity index (χ4n) is 2.86. The summed E-state index contributed by atoms with van der Waals surface area (Å²) >= 11 is 0. The summed E-state index contributed by atoms with van der Waals surface area (Å²) in [5, 5.41) is 5.35. The van der Waals surface area contributed by atoms with Crippen LogP contribution in [0.25, 0.3) is 0 Å². The van der Waals surface area contributed by atoms with Crippen molar-refractivity contribution in [2.24, 2.45) is 0 Å². The van der Waals surface area contributed by atoms with Gasteiger partial charge in [0.05, 0.1) is 5.75 Å². The molecule has 0 spiro atoms. The average molecular weight is 402 g/mol. The van der Waals surface area contributed by atoms with Gasteiger partial charge < -0.3 is 15.4 Å². The van der Waals surface area contributed by atoms with Gasteiger partial charge in [0.2, 0.25) is 0 Å². The van der Waals surface area contributed by atoms with Gasteiger partial charge in [0.15, 0.2) is 15.9 Å². The molecule has 1 aliphatic heterocycles. The zero-order valence-corrected chi connectivity index (χ0v) is 16.3. The molecule has 3 rings (SSSR count). The molecule has 0 fully saturated rings. The quantitative estimate of drug-likeness (QED) is 0.735. The van der Waals surface area contributed by atoms with E-state index in [1.165, 1.54) is 0 Å². The number of nitrogens with one attached hydrogen (secondary N) is 2. The summed E-state index contributed by atoms with van der Waals surface area (Å²) in [6.45, 7) is 1.61. The normalized spacial score (nSPS) is 15.4. The first-order chi connectivity index (χ1) is 13.4. The van der Waals surface area contributed by atoms with Gasteiger partial charge in [0, 0.05) is 30.0 Å². The Morgan fingerprint density at radius 1 is 1.14 bits per heavy atom. The van der Waals surface area contributed by atoms with Gasteiger partial charge in [-0.3, -0.25) is 9.59 Å². The fraction of sp³-hybridized carbons (Fsp3) is 0.300. The molecule has 2 aromatic rings. The Hall–Kier alpha value is -2.87. The molecular formula is C20H22N2O5S. The van der Waals surface area contributed by atoms with Crippen LogP contribution in [0.5, 0.6) is 5.75 Å². The number of ether oxygens (including phenoxy) is 1. The summed E-state index contributed by atoms with van der Waals surface area (Å²) in [6.07, 6.45) is -0.122. The molecule has 1 heterocycles. The minimum Gasteiger partial charge on any atom is -0.480 e. The minimum absolute atomic E-state index is 0.0392. The first-order valence-corrected chi connectivity index (χ1v) is 10.8. The predicted molar refractivity (Wildman–Crippen MR) is 106 cm³/mol. The lowest BCUT2D eigenvalue weighted by Crippen LogP contribution is -2.32. The second kappa shape index (κ2) is 8.43. The molecule has 1 atom stereocenters. The van der Waals surface area contributed by atoms with Crippen molar-refractivity contribution in [1.29, 1.82) is 0 Å². The third-order valence-corrected chi connectivity index (χ3v) is 6.18. The number of hydrogen-bond donors (Lipinski definition) is 2. The van der Waals surface area contributed by atoms with E-state index in [4.69, 9.17) is 4.74 Å². The van der Waals surface area contributed by atoms with Gasteiger partial charge >= 0.3 is 0 Å². The Kier molecular flexibility index (Phi) is 5.99. The molecular weight excluding hydrogens is 380 g/mol. The molecule has 0 radical (unpaired) electrons. The van der Waals surface area contributed by atoms with E-state index in [2.05, 4.69) is 10.6 Å². The summed E-state index contributed by atoms with van der Waals surface area (Å²) in [4.78, 5) is 24.7. The first kappa shape index (κ1) is 19.9. The number of carbonyl (C=O) groups excluding carboxylic acids is 2. The van der Waals surface area contributed by atoms with Gasteiger partial charge in [-0.05, 0) is 29.8 Å². The van der Waals surface area contributed by atoms with E-state index in [1.54, 1.807) is 31.2 Å².